The molecule has 6 heteroatoms. The number of aryl methyl sites for hydroxylation is 2. The fraction of sp³-hybridized carbons (Fsp3) is 0.579. The van der Waals surface area contributed by atoms with Crippen LogP contribution in [0.15, 0.2) is 18.2 Å². The van der Waals surface area contributed by atoms with Gasteiger partial charge in [0.25, 0.3) is 0 Å². The van der Waals surface area contributed by atoms with Crippen molar-refractivity contribution in [3.05, 3.63) is 29.3 Å². The van der Waals surface area contributed by atoms with Crippen LogP contribution in [0, 0.1) is 13.8 Å². The first-order chi connectivity index (χ1) is 12.0. The quantitative estimate of drug-likeness (QED) is 0.830. The molecule has 1 aliphatic heterocycles. The Morgan fingerprint density at radius 2 is 1.84 bits per heavy atom. The average Bonchev–Trinajstić information content (AvgIpc) is 2.58. The molecule has 1 aromatic carbocycles. The molecular weight excluding hydrogens is 318 g/mol. The number of anilines is 1. The van der Waals surface area contributed by atoms with E-state index in [1.54, 1.807) is 11.8 Å². The van der Waals surface area contributed by atoms with E-state index in [2.05, 4.69) is 36.6 Å². The van der Waals surface area contributed by atoms with Crippen molar-refractivity contribution in [2.45, 2.75) is 46.1 Å². The van der Waals surface area contributed by atoms with Gasteiger partial charge in [-0.25, -0.2) is 4.79 Å². The number of rotatable bonds is 6. The number of nitrogens with zero attached hydrogens (tertiary/aromatic N) is 1. The number of ether oxygens (including phenoxy) is 1. The molecule has 0 bridgehead atoms. The van der Waals surface area contributed by atoms with E-state index in [0.717, 1.165) is 18.5 Å². The van der Waals surface area contributed by atoms with Crippen molar-refractivity contribution in [2.24, 2.45) is 0 Å². The number of hydrogen-bond acceptors (Lipinski definition) is 4. The van der Waals surface area contributed by atoms with Crippen LogP contribution in [-0.2, 0) is 9.53 Å². The second kappa shape index (κ2) is 9.30. The van der Waals surface area contributed by atoms with Crippen LogP contribution in [0.5, 0.6) is 0 Å². The van der Waals surface area contributed by atoms with Crippen molar-refractivity contribution >= 4 is 17.7 Å². The molecular formula is C19H29N3O3. The lowest BCUT2D eigenvalue weighted by molar-refractivity contribution is -0.121. The van der Waals surface area contributed by atoms with E-state index in [1.165, 1.54) is 11.1 Å². The van der Waals surface area contributed by atoms with E-state index < -0.39 is 0 Å². The third kappa shape index (κ3) is 5.66. The van der Waals surface area contributed by atoms with Gasteiger partial charge in [0.1, 0.15) is 0 Å². The van der Waals surface area contributed by atoms with Crippen molar-refractivity contribution in [1.82, 2.24) is 10.2 Å². The first-order valence-corrected chi connectivity index (χ1v) is 9.02. The highest BCUT2D eigenvalue weighted by molar-refractivity contribution is 5.77. The van der Waals surface area contributed by atoms with Gasteiger partial charge in [-0.3, -0.25) is 4.79 Å². The monoisotopic (exact) mass is 347 g/mol. The van der Waals surface area contributed by atoms with Gasteiger partial charge in [0.15, 0.2) is 0 Å². The maximum absolute atomic E-state index is 12.1. The maximum Gasteiger partial charge on any atom is 0.409 e. The number of benzene rings is 1. The molecule has 0 aliphatic carbocycles. The van der Waals surface area contributed by atoms with E-state index in [-0.39, 0.29) is 18.0 Å². The first-order valence-electron chi connectivity index (χ1n) is 9.02. The first kappa shape index (κ1) is 19.1. The molecule has 1 aliphatic rings. The standard InChI is InChI=1S/C19H29N3O3/c1-4-25-19(24)22-12-9-16(10-13-22)21-17(23)8-11-20-18-14(2)6-5-7-15(18)3/h5-7,16,20H,4,8-13H2,1-3H3,(H,21,23). The molecule has 6 nitrogen and oxygen atoms in total. The molecule has 2 N–H and O–H groups in total. The Labute approximate surface area is 149 Å². The highest BCUT2D eigenvalue weighted by atomic mass is 16.6. The van der Waals surface area contributed by atoms with Gasteiger partial charge >= 0.3 is 6.09 Å². The summed E-state index contributed by atoms with van der Waals surface area (Å²) >= 11 is 0. The minimum atomic E-state index is -0.259. The second-order valence-electron chi connectivity index (χ2n) is 6.47. The Balaban J connectivity index is 1.69. The topological polar surface area (TPSA) is 70.7 Å². The molecule has 0 unspecified atom stereocenters. The van der Waals surface area contributed by atoms with E-state index in [1.807, 2.05) is 6.07 Å². The molecule has 1 aromatic rings. The van der Waals surface area contributed by atoms with Gasteiger partial charge in [0.05, 0.1) is 6.61 Å². The van der Waals surface area contributed by atoms with Crippen molar-refractivity contribution in [3.63, 3.8) is 0 Å². The van der Waals surface area contributed by atoms with Gasteiger partial charge in [-0.05, 0) is 44.7 Å². The van der Waals surface area contributed by atoms with Gasteiger partial charge in [0.2, 0.25) is 5.91 Å². The molecule has 0 saturated carbocycles. The van der Waals surface area contributed by atoms with Gasteiger partial charge in [-0.2, -0.15) is 0 Å². The van der Waals surface area contributed by atoms with Gasteiger partial charge in [0, 0.05) is 37.8 Å². The number of nitrogens with one attached hydrogen (secondary N) is 2. The summed E-state index contributed by atoms with van der Waals surface area (Å²) in [5.41, 5.74) is 3.48. The number of hydrogen-bond donors (Lipinski definition) is 2. The fourth-order valence-electron chi connectivity index (χ4n) is 3.12. The zero-order chi connectivity index (χ0) is 18.2. The summed E-state index contributed by atoms with van der Waals surface area (Å²) in [6, 6.07) is 6.29. The molecule has 0 radical (unpaired) electrons. The highest BCUT2D eigenvalue weighted by Gasteiger charge is 2.24. The molecule has 0 aromatic heterocycles. The normalized spacial score (nSPS) is 14.9. The van der Waals surface area contributed by atoms with Crippen LogP contribution < -0.4 is 10.6 Å². The Hall–Kier alpha value is -2.24. The Morgan fingerprint density at radius 1 is 1.20 bits per heavy atom. The van der Waals surface area contributed by atoms with Crippen LogP contribution in [0.1, 0.15) is 37.3 Å². The highest BCUT2D eigenvalue weighted by Crippen LogP contribution is 2.19. The van der Waals surface area contributed by atoms with Crippen LogP contribution in [-0.4, -0.2) is 49.2 Å². The third-order valence-corrected chi connectivity index (χ3v) is 4.52. The van der Waals surface area contributed by atoms with Crippen LogP contribution in [0.3, 0.4) is 0 Å². The van der Waals surface area contributed by atoms with Crippen LogP contribution in [0.25, 0.3) is 0 Å². The summed E-state index contributed by atoms with van der Waals surface area (Å²) in [7, 11) is 0. The molecule has 0 atom stereocenters. The summed E-state index contributed by atoms with van der Waals surface area (Å²) in [5.74, 6) is 0.0494. The lowest BCUT2D eigenvalue weighted by Gasteiger charge is -2.31. The average molecular weight is 347 g/mol. The second-order valence-corrected chi connectivity index (χ2v) is 6.47. The van der Waals surface area contributed by atoms with Crippen molar-refractivity contribution in [2.75, 3.05) is 31.6 Å². The van der Waals surface area contributed by atoms with Crippen molar-refractivity contribution in [3.8, 4) is 0 Å². The molecule has 1 fully saturated rings. The number of amides is 2. The summed E-state index contributed by atoms with van der Waals surface area (Å²) in [4.78, 5) is 25.5. The molecule has 25 heavy (non-hydrogen) atoms. The predicted octanol–water partition coefficient (Wildman–Crippen LogP) is 2.84. The predicted molar refractivity (Wildman–Crippen MR) is 98.8 cm³/mol. The van der Waals surface area contributed by atoms with E-state index in [0.29, 0.717) is 32.7 Å². The smallest absolute Gasteiger partial charge is 0.409 e. The van der Waals surface area contributed by atoms with Crippen LogP contribution >= 0.6 is 0 Å². The van der Waals surface area contributed by atoms with Crippen LogP contribution in [0.2, 0.25) is 0 Å². The zero-order valence-electron chi connectivity index (χ0n) is 15.4. The molecule has 2 amide bonds. The SMILES string of the molecule is CCOC(=O)N1CCC(NC(=O)CCNc2c(C)cccc2C)CC1. The van der Waals surface area contributed by atoms with Crippen LogP contribution in [0.4, 0.5) is 10.5 Å². The molecule has 1 heterocycles. The lowest BCUT2D eigenvalue weighted by Crippen LogP contribution is -2.46. The molecule has 138 valence electrons. The Kier molecular flexibility index (Phi) is 7.10. The summed E-state index contributed by atoms with van der Waals surface area (Å²) in [6.45, 7) is 8.19. The maximum atomic E-state index is 12.1. The van der Waals surface area contributed by atoms with Gasteiger partial charge in [-0.15, -0.1) is 0 Å². The number of likely N-dealkylation sites (tertiary alicyclic amines) is 1. The number of para-hydroxylation sites is 1. The molecule has 0 spiro atoms. The van der Waals surface area contributed by atoms with E-state index in [9.17, 15) is 9.59 Å². The van der Waals surface area contributed by atoms with E-state index >= 15 is 0 Å². The van der Waals surface area contributed by atoms with Crippen molar-refractivity contribution in [1.29, 1.82) is 0 Å². The number of carbonyl (C=O) groups excluding carboxylic acids is 2. The minimum Gasteiger partial charge on any atom is -0.450 e. The summed E-state index contributed by atoms with van der Waals surface area (Å²) in [6.07, 6.45) is 1.72. The zero-order valence-corrected chi connectivity index (χ0v) is 15.4. The lowest BCUT2D eigenvalue weighted by atomic mass is 10.1. The Bertz CT molecular complexity index is 575. The fourth-order valence-corrected chi connectivity index (χ4v) is 3.12. The summed E-state index contributed by atoms with van der Waals surface area (Å²) in [5, 5.41) is 6.42. The van der Waals surface area contributed by atoms with Crippen molar-refractivity contribution < 1.29 is 14.3 Å². The summed E-state index contributed by atoms with van der Waals surface area (Å²) < 4.78 is 5.00. The third-order valence-electron chi connectivity index (χ3n) is 4.52. The number of carbonyl (C=O) groups is 2. The Morgan fingerprint density at radius 3 is 2.44 bits per heavy atom. The molecule has 2 rings (SSSR count). The minimum absolute atomic E-state index is 0.0494. The largest absolute Gasteiger partial charge is 0.450 e. The van der Waals surface area contributed by atoms with Gasteiger partial charge < -0.3 is 20.3 Å². The number of piperidine rings is 1. The molecule has 1 saturated heterocycles. The van der Waals surface area contributed by atoms with E-state index in [4.69, 9.17) is 4.74 Å². The van der Waals surface area contributed by atoms with Gasteiger partial charge in [-0.1, -0.05) is 18.2 Å².